The second-order valence-electron chi connectivity index (χ2n) is 4.72. The average Bonchev–Trinajstić information content (AvgIpc) is 2.52. The Morgan fingerprint density at radius 1 is 0.952 bits per heavy atom. The fourth-order valence-electron chi connectivity index (χ4n) is 2.20. The Morgan fingerprint density at radius 3 is 2.33 bits per heavy atom. The maximum absolute atomic E-state index is 5.47. The molecular formula is C16H27NO3S. The van der Waals surface area contributed by atoms with Gasteiger partial charge in [-0.1, -0.05) is 12.5 Å². The normalized spacial score (nSPS) is 10.5. The molecule has 0 unspecified atom stereocenters. The van der Waals surface area contributed by atoms with E-state index in [1.54, 1.807) is 21.3 Å². The molecule has 0 radical (unpaired) electrons. The molecule has 0 amide bonds. The number of benzene rings is 1. The zero-order chi connectivity index (χ0) is 15.5. The van der Waals surface area contributed by atoms with Crippen LogP contribution in [0.5, 0.6) is 17.2 Å². The molecule has 0 heterocycles. The van der Waals surface area contributed by atoms with Crippen LogP contribution in [-0.2, 0) is 6.54 Å². The van der Waals surface area contributed by atoms with Crippen LogP contribution in [-0.4, -0.2) is 39.9 Å². The highest BCUT2D eigenvalue weighted by atomic mass is 32.2. The van der Waals surface area contributed by atoms with Crippen LogP contribution in [0.25, 0.3) is 0 Å². The number of ether oxygens (including phenoxy) is 3. The third kappa shape index (κ3) is 5.67. The number of rotatable bonds is 11. The van der Waals surface area contributed by atoms with Gasteiger partial charge in [-0.15, -0.1) is 0 Å². The van der Waals surface area contributed by atoms with Gasteiger partial charge in [-0.05, 0) is 37.5 Å². The lowest BCUT2D eigenvalue weighted by Crippen LogP contribution is -2.15. The van der Waals surface area contributed by atoms with Gasteiger partial charge in [0, 0.05) is 12.1 Å². The zero-order valence-electron chi connectivity index (χ0n) is 13.5. The van der Waals surface area contributed by atoms with E-state index in [2.05, 4.69) is 11.6 Å². The van der Waals surface area contributed by atoms with Gasteiger partial charge in [-0.2, -0.15) is 11.8 Å². The quantitative estimate of drug-likeness (QED) is 0.635. The smallest absolute Gasteiger partial charge is 0.203 e. The topological polar surface area (TPSA) is 39.7 Å². The molecule has 0 spiro atoms. The largest absolute Gasteiger partial charge is 0.493 e. The third-order valence-corrected chi connectivity index (χ3v) is 4.00. The van der Waals surface area contributed by atoms with E-state index in [0.717, 1.165) is 24.4 Å². The molecule has 0 saturated heterocycles. The van der Waals surface area contributed by atoms with Crippen molar-refractivity contribution in [2.75, 3.05) is 39.9 Å². The van der Waals surface area contributed by atoms with Crippen LogP contribution in [0.3, 0.4) is 0 Å². The van der Waals surface area contributed by atoms with E-state index in [4.69, 9.17) is 14.2 Å². The van der Waals surface area contributed by atoms with Crippen molar-refractivity contribution in [3.8, 4) is 17.2 Å². The minimum atomic E-state index is 0.652. The van der Waals surface area contributed by atoms with E-state index in [-0.39, 0.29) is 0 Å². The van der Waals surface area contributed by atoms with E-state index in [1.165, 1.54) is 25.0 Å². The van der Waals surface area contributed by atoms with Crippen molar-refractivity contribution in [3.05, 3.63) is 17.7 Å². The molecule has 1 aromatic rings. The first-order valence-corrected chi connectivity index (χ1v) is 8.65. The second-order valence-corrected chi connectivity index (χ2v) is 5.71. The Labute approximate surface area is 132 Å². The van der Waals surface area contributed by atoms with Gasteiger partial charge in [0.2, 0.25) is 5.75 Å². The van der Waals surface area contributed by atoms with Crippen LogP contribution in [0.4, 0.5) is 0 Å². The standard InChI is InChI=1S/C16H27NO3S/c1-18-14-9-8-13(15(19-2)16(14)20-3)12-17-10-6-5-7-11-21-4/h8-9,17H,5-7,10-12H2,1-4H3. The van der Waals surface area contributed by atoms with Crippen molar-refractivity contribution < 1.29 is 14.2 Å². The summed E-state index contributed by atoms with van der Waals surface area (Å²) in [5, 5.41) is 3.46. The molecule has 1 aromatic carbocycles. The molecule has 0 aliphatic carbocycles. The van der Waals surface area contributed by atoms with E-state index in [0.29, 0.717) is 11.5 Å². The summed E-state index contributed by atoms with van der Waals surface area (Å²) in [6.07, 6.45) is 5.93. The lowest BCUT2D eigenvalue weighted by atomic mass is 10.1. The van der Waals surface area contributed by atoms with Crippen molar-refractivity contribution in [3.63, 3.8) is 0 Å². The molecule has 0 fully saturated rings. The molecule has 0 saturated carbocycles. The highest BCUT2D eigenvalue weighted by Gasteiger charge is 2.15. The van der Waals surface area contributed by atoms with Crippen LogP contribution >= 0.6 is 11.8 Å². The predicted octanol–water partition coefficient (Wildman–Crippen LogP) is 3.34. The van der Waals surface area contributed by atoms with Gasteiger partial charge in [-0.3, -0.25) is 0 Å². The maximum Gasteiger partial charge on any atom is 0.203 e. The molecule has 0 aliphatic rings. The predicted molar refractivity (Wildman–Crippen MR) is 90.0 cm³/mol. The number of thioether (sulfide) groups is 1. The summed E-state index contributed by atoms with van der Waals surface area (Å²) in [6, 6.07) is 3.93. The molecule has 5 heteroatoms. The van der Waals surface area contributed by atoms with Crippen molar-refractivity contribution in [1.82, 2.24) is 5.32 Å². The summed E-state index contributed by atoms with van der Waals surface area (Å²) in [5.74, 6) is 3.34. The SMILES string of the molecule is COc1ccc(CNCCCCCSC)c(OC)c1OC. The summed E-state index contributed by atoms with van der Waals surface area (Å²) in [4.78, 5) is 0. The fraction of sp³-hybridized carbons (Fsp3) is 0.625. The second kappa shape index (κ2) is 10.6. The molecular weight excluding hydrogens is 286 g/mol. The Hall–Kier alpha value is -1.07. The average molecular weight is 313 g/mol. The first-order valence-electron chi connectivity index (χ1n) is 7.26. The number of methoxy groups -OCH3 is 3. The highest BCUT2D eigenvalue weighted by molar-refractivity contribution is 7.98. The number of unbranched alkanes of at least 4 members (excludes halogenated alkanes) is 2. The minimum Gasteiger partial charge on any atom is -0.493 e. The van der Waals surface area contributed by atoms with Crippen LogP contribution in [0.2, 0.25) is 0 Å². The summed E-state index contributed by atoms with van der Waals surface area (Å²) in [5.41, 5.74) is 1.08. The first-order chi connectivity index (χ1) is 10.3. The fourth-order valence-corrected chi connectivity index (χ4v) is 2.69. The zero-order valence-corrected chi connectivity index (χ0v) is 14.3. The minimum absolute atomic E-state index is 0.652. The van der Waals surface area contributed by atoms with Crippen LogP contribution in [0.15, 0.2) is 12.1 Å². The van der Waals surface area contributed by atoms with E-state index < -0.39 is 0 Å². The van der Waals surface area contributed by atoms with Crippen molar-refractivity contribution in [2.45, 2.75) is 25.8 Å². The lowest BCUT2D eigenvalue weighted by molar-refractivity contribution is 0.321. The van der Waals surface area contributed by atoms with E-state index in [1.807, 2.05) is 23.9 Å². The highest BCUT2D eigenvalue weighted by Crippen LogP contribution is 2.39. The van der Waals surface area contributed by atoms with E-state index in [9.17, 15) is 0 Å². The van der Waals surface area contributed by atoms with Gasteiger partial charge in [0.15, 0.2) is 11.5 Å². The molecule has 0 aliphatic heterocycles. The summed E-state index contributed by atoms with van der Waals surface area (Å²) in [7, 11) is 4.91. The monoisotopic (exact) mass is 313 g/mol. The third-order valence-electron chi connectivity index (χ3n) is 3.30. The van der Waals surface area contributed by atoms with Gasteiger partial charge < -0.3 is 19.5 Å². The first kappa shape index (κ1) is 18.0. The van der Waals surface area contributed by atoms with Crippen molar-refractivity contribution in [1.29, 1.82) is 0 Å². The van der Waals surface area contributed by atoms with E-state index >= 15 is 0 Å². The van der Waals surface area contributed by atoms with Gasteiger partial charge in [0.1, 0.15) is 0 Å². The van der Waals surface area contributed by atoms with Crippen LogP contribution in [0, 0.1) is 0 Å². The lowest BCUT2D eigenvalue weighted by Gasteiger charge is -2.16. The Morgan fingerprint density at radius 2 is 1.71 bits per heavy atom. The molecule has 4 nitrogen and oxygen atoms in total. The Bertz CT molecular complexity index is 413. The summed E-state index contributed by atoms with van der Waals surface area (Å²) >= 11 is 1.91. The summed E-state index contributed by atoms with van der Waals surface area (Å²) in [6.45, 7) is 1.79. The van der Waals surface area contributed by atoms with Crippen molar-refractivity contribution >= 4 is 11.8 Å². The van der Waals surface area contributed by atoms with Crippen molar-refractivity contribution in [2.24, 2.45) is 0 Å². The number of hydrogen-bond acceptors (Lipinski definition) is 5. The Balaban J connectivity index is 2.51. The van der Waals surface area contributed by atoms with Gasteiger partial charge in [0.05, 0.1) is 21.3 Å². The molecule has 1 rings (SSSR count). The molecule has 0 atom stereocenters. The van der Waals surface area contributed by atoms with Gasteiger partial charge in [0.25, 0.3) is 0 Å². The molecule has 0 aromatic heterocycles. The summed E-state index contributed by atoms with van der Waals surface area (Å²) < 4.78 is 16.1. The maximum atomic E-state index is 5.47. The van der Waals surface area contributed by atoms with Crippen LogP contribution in [0.1, 0.15) is 24.8 Å². The Kier molecular flexibility index (Phi) is 9.10. The van der Waals surface area contributed by atoms with Gasteiger partial charge in [-0.25, -0.2) is 0 Å². The van der Waals surface area contributed by atoms with Crippen LogP contribution < -0.4 is 19.5 Å². The van der Waals surface area contributed by atoms with Gasteiger partial charge >= 0.3 is 0 Å². The number of nitrogens with one attached hydrogen (secondary N) is 1. The number of hydrogen-bond donors (Lipinski definition) is 1. The molecule has 21 heavy (non-hydrogen) atoms. The molecule has 120 valence electrons. The molecule has 0 bridgehead atoms. The molecule has 1 N–H and O–H groups in total.